The van der Waals surface area contributed by atoms with Crippen LogP contribution in [-0.2, 0) is 10.8 Å². The number of fused-ring (bicyclic) bond motifs is 6. The second-order valence-corrected chi connectivity index (χ2v) is 17.3. The molecule has 0 spiro atoms. The zero-order valence-electron chi connectivity index (χ0n) is 29.8. The van der Waals surface area contributed by atoms with Crippen molar-refractivity contribution in [2.45, 2.75) is 64.2 Å². The molecule has 3 heterocycles. The molecule has 0 saturated carbocycles. The molecule has 2 aliphatic heterocycles. The standard InChI is InChI=1S/C46H43BN2S/c1-45(2,3)32-24-22-30(23-25-32)31-14-12-17-35(28-31)49-40-21-13-20-39-42(40)47(37-18-10-11-19-38(37)48(39)34-15-8-7-9-16-34)44-43(49)36-29-33(46(4,5)6)26-27-41(36)50-44/h7-29,39,42H,1-6H3. The summed E-state index contributed by atoms with van der Waals surface area (Å²) in [5.41, 5.74) is 13.3. The van der Waals surface area contributed by atoms with Gasteiger partial charge in [0.15, 0.2) is 0 Å². The van der Waals surface area contributed by atoms with Crippen LogP contribution >= 0.6 is 11.3 Å². The molecule has 2 atom stereocenters. The molecule has 0 radical (unpaired) electrons. The Labute approximate surface area is 301 Å². The van der Waals surface area contributed by atoms with Crippen LogP contribution in [-0.4, -0.2) is 12.8 Å². The molecule has 5 aromatic carbocycles. The third kappa shape index (κ3) is 4.91. The first kappa shape index (κ1) is 31.2. The molecule has 6 aromatic rings. The van der Waals surface area contributed by atoms with Gasteiger partial charge in [0.25, 0.3) is 0 Å². The van der Waals surface area contributed by atoms with Gasteiger partial charge in [-0.15, -0.1) is 11.3 Å². The highest BCUT2D eigenvalue weighted by molar-refractivity contribution is 7.32. The zero-order chi connectivity index (χ0) is 34.4. The Bertz CT molecular complexity index is 2320. The van der Waals surface area contributed by atoms with Gasteiger partial charge < -0.3 is 9.80 Å². The molecule has 0 bridgehead atoms. The van der Waals surface area contributed by atoms with Crippen LogP contribution in [0.1, 0.15) is 52.7 Å². The molecule has 0 amide bonds. The van der Waals surface area contributed by atoms with Crippen LogP contribution < -0.4 is 20.0 Å². The minimum absolute atomic E-state index is 0.0513. The summed E-state index contributed by atoms with van der Waals surface area (Å²) in [5.74, 6) is 0.243. The molecule has 0 fully saturated rings. The SMILES string of the molecule is CC(C)(C)c1ccc(-c2cccc(N3C4=CC=CC5C4B(c4ccccc4N5c4ccccc4)c4sc5ccc(C(C)(C)C)cc5c43)c2)cc1. The molecular formula is C46H43BN2S. The molecule has 0 saturated heterocycles. The maximum atomic E-state index is 2.63. The first-order valence-corrected chi connectivity index (χ1v) is 18.8. The normalized spacial score (nSPS) is 18.1. The van der Waals surface area contributed by atoms with Crippen molar-refractivity contribution < 1.29 is 0 Å². The maximum absolute atomic E-state index is 2.63. The molecule has 3 aliphatic rings. The highest BCUT2D eigenvalue weighted by Gasteiger charge is 2.52. The number of benzene rings is 5. The van der Waals surface area contributed by atoms with Gasteiger partial charge in [-0.25, -0.2) is 0 Å². The molecule has 9 rings (SSSR count). The van der Waals surface area contributed by atoms with Gasteiger partial charge in [-0.1, -0.05) is 133 Å². The fourth-order valence-electron chi connectivity index (χ4n) is 8.45. The van der Waals surface area contributed by atoms with Crippen LogP contribution in [0.3, 0.4) is 0 Å². The highest BCUT2D eigenvalue weighted by Crippen LogP contribution is 2.53. The maximum Gasteiger partial charge on any atom is 0.239 e. The van der Waals surface area contributed by atoms with Crippen LogP contribution in [0.5, 0.6) is 0 Å². The van der Waals surface area contributed by atoms with E-state index < -0.39 is 0 Å². The number of hydrogen-bond donors (Lipinski definition) is 0. The zero-order valence-corrected chi connectivity index (χ0v) is 30.6. The predicted molar refractivity (Wildman–Crippen MR) is 218 cm³/mol. The van der Waals surface area contributed by atoms with E-state index in [1.54, 1.807) is 0 Å². The van der Waals surface area contributed by atoms with E-state index in [2.05, 4.69) is 191 Å². The van der Waals surface area contributed by atoms with Crippen molar-refractivity contribution in [2.24, 2.45) is 0 Å². The topological polar surface area (TPSA) is 6.48 Å². The highest BCUT2D eigenvalue weighted by atomic mass is 32.1. The number of allylic oxidation sites excluding steroid dienone is 2. The fraction of sp³-hybridized carbons (Fsp3) is 0.217. The van der Waals surface area contributed by atoms with E-state index in [0.29, 0.717) is 0 Å². The summed E-state index contributed by atoms with van der Waals surface area (Å²) in [5, 5.41) is 1.35. The lowest BCUT2D eigenvalue weighted by atomic mass is 9.30. The molecule has 1 aromatic heterocycles. The summed E-state index contributed by atoms with van der Waals surface area (Å²) >= 11 is 2.00. The van der Waals surface area contributed by atoms with Gasteiger partial charge in [0.1, 0.15) is 0 Å². The van der Waals surface area contributed by atoms with Crippen molar-refractivity contribution in [1.82, 2.24) is 0 Å². The Morgan fingerprint density at radius 2 is 1.34 bits per heavy atom. The van der Waals surface area contributed by atoms with E-state index >= 15 is 0 Å². The summed E-state index contributed by atoms with van der Waals surface area (Å²) in [7, 11) is 0. The number of anilines is 4. The number of para-hydroxylation sites is 2. The van der Waals surface area contributed by atoms with Crippen LogP contribution in [0.25, 0.3) is 21.2 Å². The van der Waals surface area contributed by atoms with Gasteiger partial charge in [0.2, 0.25) is 6.71 Å². The minimum atomic E-state index is 0.0513. The summed E-state index contributed by atoms with van der Waals surface area (Å²) in [4.78, 5) is 5.21. The number of thiophene rings is 1. The summed E-state index contributed by atoms with van der Waals surface area (Å²) < 4.78 is 2.82. The van der Waals surface area contributed by atoms with Crippen LogP contribution in [0.15, 0.2) is 145 Å². The molecule has 0 N–H and O–H groups in total. The summed E-state index contributed by atoms with van der Waals surface area (Å²) in [6.45, 7) is 14.1. The van der Waals surface area contributed by atoms with Crippen molar-refractivity contribution in [2.75, 3.05) is 9.80 Å². The van der Waals surface area contributed by atoms with E-state index in [0.717, 1.165) is 0 Å². The Hall–Kier alpha value is -4.80. The predicted octanol–water partition coefficient (Wildman–Crippen LogP) is 11.3. The Morgan fingerprint density at radius 3 is 2.10 bits per heavy atom. The van der Waals surface area contributed by atoms with Crippen molar-refractivity contribution in [1.29, 1.82) is 0 Å². The van der Waals surface area contributed by atoms with Crippen molar-refractivity contribution in [3.05, 3.63) is 156 Å². The average Bonchev–Trinajstić information content (AvgIpc) is 3.50. The molecule has 2 unspecified atom stereocenters. The molecule has 4 heteroatoms. The van der Waals surface area contributed by atoms with E-state index in [1.165, 1.54) is 71.0 Å². The molecule has 246 valence electrons. The Balaban J connectivity index is 1.29. The Kier molecular flexibility index (Phi) is 7.09. The van der Waals surface area contributed by atoms with Crippen molar-refractivity contribution in [3.8, 4) is 11.1 Å². The lowest BCUT2D eigenvalue weighted by Gasteiger charge is -2.52. The van der Waals surface area contributed by atoms with Gasteiger partial charge in [-0.3, -0.25) is 0 Å². The average molecular weight is 667 g/mol. The van der Waals surface area contributed by atoms with Crippen LogP contribution in [0.4, 0.5) is 22.7 Å². The third-order valence-corrected chi connectivity index (χ3v) is 12.3. The number of nitrogens with zero attached hydrogens (tertiary/aromatic N) is 2. The first-order chi connectivity index (χ1) is 24.1. The summed E-state index contributed by atoms with van der Waals surface area (Å²) in [6, 6.07) is 45.9. The van der Waals surface area contributed by atoms with Gasteiger partial charge in [0.05, 0.1) is 11.7 Å². The van der Waals surface area contributed by atoms with Crippen LogP contribution in [0.2, 0.25) is 5.82 Å². The minimum Gasteiger partial charge on any atom is -0.335 e. The second-order valence-electron chi connectivity index (χ2n) is 16.2. The Morgan fingerprint density at radius 1 is 0.640 bits per heavy atom. The van der Waals surface area contributed by atoms with E-state index in [1.807, 2.05) is 11.3 Å². The van der Waals surface area contributed by atoms with Gasteiger partial charge >= 0.3 is 0 Å². The molecule has 2 nitrogen and oxygen atoms in total. The van der Waals surface area contributed by atoms with E-state index in [-0.39, 0.29) is 29.4 Å². The monoisotopic (exact) mass is 666 g/mol. The van der Waals surface area contributed by atoms with Crippen molar-refractivity contribution >= 4 is 61.1 Å². The van der Waals surface area contributed by atoms with Gasteiger partial charge in [-0.05, 0) is 87.1 Å². The molecule has 1 aliphatic carbocycles. The van der Waals surface area contributed by atoms with Crippen molar-refractivity contribution in [3.63, 3.8) is 0 Å². The van der Waals surface area contributed by atoms with Gasteiger partial charge in [-0.2, -0.15) is 0 Å². The second kappa shape index (κ2) is 11.4. The number of hydrogen-bond acceptors (Lipinski definition) is 3. The lowest BCUT2D eigenvalue weighted by molar-refractivity contribution is 0.590. The fourth-order valence-corrected chi connectivity index (χ4v) is 9.78. The van der Waals surface area contributed by atoms with Crippen LogP contribution in [0, 0.1) is 0 Å². The van der Waals surface area contributed by atoms with E-state index in [9.17, 15) is 0 Å². The third-order valence-electron chi connectivity index (χ3n) is 11.0. The van der Waals surface area contributed by atoms with Gasteiger partial charge in [0, 0.05) is 43.4 Å². The largest absolute Gasteiger partial charge is 0.335 e. The molecule has 50 heavy (non-hydrogen) atoms. The molecular weight excluding hydrogens is 623 g/mol. The van der Waals surface area contributed by atoms with E-state index in [4.69, 9.17) is 0 Å². The smallest absolute Gasteiger partial charge is 0.239 e. The first-order valence-electron chi connectivity index (χ1n) is 18.0. The number of rotatable bonds is 3. The quantitative estimate of drug-likeness (QED) is 0.174. The summed E-state index contributed by atoms with van der Waals surface area (Å²) in [6.07, 6.45) is 7.14. The lowest BCUT2D eigenvalue weighted by Crippen LogP contribution is -2.62.